The predicted octanol–water partition coefficient (Wildman–Crippen LogP) is 14.4. The fourth-order valence-corrected chi connectivity index (χ4v) is 9.54. The summed E-state index contributed by atoms with van der Waals surface area (Å²) in [5, 5.41) is 7.03. The van der Waals surface area contributed by atoms with Gasteiger partial charge in [0, 0.05) is 43.8 Å². The molecule has 0 atom stereocenters. The van der Waals surface area contributed by atoms with Crippen LogP contribution in [0.4, 0.5) is 0 Å². The van der Waals surface area contributed by atoms with Gasteiger partial charge >= 0.3 is 0 Å². The van der Waals surface area contributed by atoms with Crippen LogP contribution in [-0.2, 0) is 0 Å². The maximum absolute atomic E-state index is 5.33. The maximum atomic E-state index is 5.33. The zero-order valence-corrected chi connectivity index (χ0v) is 34.5. The van der Waals surface area contributed by atoms with Crippen LogP contribution < -0.4 is 0 Å². The predicted molar refractivity (Wildman–Crippen MR) is 262 cm³/mol. The molecule has 9 aromatic carbocycles. The maximum Gasteiger partial charge on any atom is 0.235 e. The first kappa shape index (κ1) is 36.0. The van der Waals surface area contributed by atoms with Crippen LogP contribution in [0.15, 0.2) is 218 Å². The zero-order chi connectivity index (χ0) is 42.1. The van der Waals surface area contributed by atoms with Gasteiger partial charge in [0.05, 0.1) is 44.8 Å². The van der Waals surface area contributed by atoms with Gasteiger partial charge in [0.25, 0.3) is 0 Å². The van der Waals surface area contributed by atoms with E-state index in [9.17, 15) is 0 Å². The van der Waals surface area contributed by atoms with Gasteiger partial charge in [0.2, 0.25) is 11.9 Å². The van der Waals surface area contributed by atoms with E-state index in [0.29, 0.717) is 11.9 Å². The number of aromatic nitrogens is 6. The summed E-state index contributed by atoms with van der Waals surface area (Å²) in [6.45, 7) is 0. The van der Waals surface area contributed by atoms with Crippen molar-refractivity contribution in [2.75, 3.05) is 0 Å². The van der Waals surface area contributed by atoms with Gasteiger partial charge in [-0.15, -0.1) is 0 Å². The molecule has 0 fully saturated rings. The van der Waals surface area contributed by atoms with Crippen LogP contribution in [0.2, 0.25) is 0 Å². The molecule has 0 aliphatic heterocycles. The molecule has 0 saturated heterocycles. The Balaban J connectivity index is 1.03. The minimum absolute atomic E-state index is 0.628. The molecular weight excluding hydrogens is 781 g/mol. The molecule has 0 aliphatic rings. The van der Waals surface area contributed by atoms with Crippen molar-refractivity contribution in [3.63, 3.8) is 0 Å². The van der Waals surface area contributed by atoms with E-state index >= 15 is 0 Å². The molecule has 0 saturated carbocycles. The van der Waals surface area contributed by atoms with Crippen LogP contribution in [0.25, 0.3) is 122 Å². The Morgan fingerprint density at radius 2 is 0.703 bits per heavy atom. The zero-order valence-electron chi connectivity index (χ0n) is 34.5. The van der Waals surface area contributed by atoms with E-state index in [-0.39, 0.29) is 0 Å². The number of hydrogen-bond acceptors (Lipinski definition) is 4. The topological polar surface area (TPSA) is 61.4 Å². The third-order valence-corrected chi connectivity index (χ3v) is 12.5. The number of benzene rings is 9. The van der Waals surface area contributed by atoms with Gasteiger partial charge in [-0.3, -0.25) is 9.13 Å². The van der Waals surface area contributed by atoms with Gasteiger partial charge < -0.3 is 0 Å². The molecule has 0 N–H and O–H groups in total. The fourth-order valence-electron chi connectivity index (χ4n) is 9.54. The summed E-state index contributed by atoms with van der Waals surface area (Å²) in [4.78, 5) is 21.2. The van der Waals surface area contributed by atoms with E-state index in [1.165, 1.54) is 21.5 Å². The van der Waals surface area contributed by atoms with E-state index in [1.807, 2.05) is 24.3 Å². The monoisotopic (exact) mass is 816 g/mol. The third kappa shape index (κ3) is 5.81. The Hall–Kier alpha value is -8.74. The average Bonchev–Trinajstić information content (AvgIpc) is 3.90. The average molecular weight is 817 g/mol. The SMILES string of the molecule is c1ccc(-c2cc(-c3ccccc3)nc(-n3c4ccccc4c4cc(-c5cc6ccc7cccc8c7c6c(c5)n8-c5nc(-c6ccccc6)cc(-c6ccccc6)n5)ccc43)n2)cc1. The highest BCUT2D eigenvalue weighted by Crippen LogP contribution is 2.43. The van der Waals surface area contributed by atoms with Crippen molar-refractivity contribution < 1.29 is 0 Å². The van der Waals surface area contributed by atoms with E-state index < -0.39 is 0 Å². The van der Waals surface area contributed by atoms with Crippen LogP contribution in [-0.4, -0.2) is 29.1 Å². The molecule has 0 radical (unpaired) electrons. The smallest absolute Gasteiger partial charge is 0.235 e. The van der Waals surface area contributed by atoms with Gasteiger partial charge in [-0.05, 0) is 70.4 Å². The molecule has 0 amide bonds. The molecule has 0 bridgehead atoms. The summed E-state index contributed by atoms with van der Waals surface area (Å²) in [6.07, 6.45) is 0. The summed E-state index contributed by atoms with van der Waals surface area (Å²) in [6, 6.07) is 76.7. The van der Waals surface area contributed by atoms with Crippen LogP contribution in [0.5, 0.6) is 0 Å². The van der Waals surface area contributed by atoms with Crippen molar-refractivity contribution in [1.29, 1.82) is 0 Å². The number of hydrogen-bond donors (Lipinski definition) is 0. The second kappa shape index (κ2) is 14.4. The third-order valence-electron chi connectivity index (χ3n) is 12.5. The first-order valence-electron chi connectivity index (χ1n) is 21.6. The lowest BCUT2D eigenvalue weighted by atomic mass is 9.96. The number of para-hydroxylation sites is 1. The number of rotatable bonds is 7. The molecule has 4 aromatic heterocycles. The lowest BCUT2D eigenvalue weighted by Crippen LogP contribution is -2.04. The Bertz CT molecular complexity index is 3760. The van der Waals surface area contributed by atoms with Crippen molar-refractivity contribution in [1.82, 2.24) is 29.1 Å². The second-order valence-electron chi connectivity index (χ2n) is 16.3. The Labute approximate surface area is 368 Å². The quantitative estimate of drug-likeness (QED) is 0.150. The molecule has 64 heavy (non-hydrogen) atoms. The molecule has 0 aliphatic carbocycles. The molecule has 6 heteroatoms. The molecule has 0 spiro atoms. The lowest BCUT2D eigenvalue weighted by molar-refractivity contribution is 0.995. The summed E-state index contributed by atoms with van der Waals surface area (Å²) in [7, 11) is 0. The molecular formula is C58H36N6. The second-order valence-corrected chi connectivity index (χ2v) is 16.3. The van der Waals surface area contributed by atoms with Crippen LogP contribution in [0.3, 0.4) is 0 Å². The van der Waals surface area contributed by atoms with Gasteiger partial charge in [0.1, 0.15) is 0 Å². The largest absolute Gasteiger partial charge is 0.278 e. The minimum Gasteiger partial charge on any atom is -0.278 e. The molecule has 0 unspecified atom stereocenters. The standard InChI is InChI=1S/C58H36N6/c1-5-16-37(17-6-1)47-35-48(38-18-7-2-8-19-38)60-57(59-47)63-51-26-14-13-25-45(51)46-33-42(30-31-52(46)63)44-32-43-29-28-41-24-15-27-53-55(41)56(43)54(34-44)64(53)58-61-49(39-20-9-3-10-21-39)36-50(62-58)40-22-11-4-12-23-40/h1-36H. The highest BCUT2D eigenvalue weighted by atomic mass is 15.2. The van der Waals surface area contributed by atoms with E-state index in [1.54, 1.807) is 0 Å². The summed E-state index contributed by atoms with van der Waals surface area (Å²) in [5.41, 5.74) is 14.1. The van der Waals surface area contributed by atoms with Crippen LogP contribution >= 0.6 is 0 Å². The van der Waals surface area contributed by atoms with E-state index in [2.05, 4.69) is 203 Å². The first-order valence-corrected chi connectivity index (χ1v) is 21.6. The molecule has 298 valence electrons. The molecule has 6 nitrogen and oxygen atoms in total. The van der Waals surface area contributed by atoms with Crippen molar-refractivity contribution >= 4 is 54.4 Å². The van der Waals surface area contributed by atoms with Crippen molar-refractivity contribution in [3.8, 4) is 68.1 Å². The van der Waals surface area contributed by atoms with Crippen molar-refractivity contribution in [2.45, 2.75) is 0 Å². The number of nitrogens with zero attached hydrogens (tertiary/aromatic N) is 6. The van der Waals surface area contributed by atoms with Gasteiger partial charge in [-0.2, -0.15) is 0 Å². The van der Waals surface area contributed by atoms with Crippen molar-refractivity contribution in [3.05, 3.63) is 218 Å². The highest BCUT2D eigenvalue weighted by molar-refractivity contribution is 6.25. The Kier molecular flexibility index (Phi) is 8.11. The van der Waals surface area contributed by atoms with Crippen LogP contribution in [0.1, 0.15) is 0 Å². The van der Waals surface area contributed by atoms with E-state index in [4.69, 9.17) is 19.9 Å². The van der Waals surface area contributed by atoms with Crippen LogP contribution in [0, 0.1) is 0 Å². The lowest BCUT2D eigenvalue weighted by Gasteiger charge is -2.13. The highest BCUT2D eigenvalue weighted by Gasteiger charge is 2.22. The fraction of sp³-hybridized carbons (Fsp3) is 0. The van der Waals surface area contributed by atoms with Crippen molar-refractivity contribution in [2.24, 2.45) is 0 Å². The van der Waals surface area contributed by atoms with Gasteiger partial charge in [-0.25, -0.2) is 19.9 Å². The Morgan fingerprint density at radius 3 is 1.27 bits per heavy atom. The van der Waals surface area contributed by atoms with Gasteiger partial charge in [-0.1, -0.05) is 170 Å². The number of fused-ring (bicyclic) bond motifs is 3. The summed E-state index contributed by atoms with van der Waals surface area (Å²) >= 11 is 0. The molecule has 13 aromatic rings. The summed E-state index contributed by atoms with van der Waals surface area (Å²) < 4.78 is 4.47. The normalized spacial score (nSPS) is 11.8. The minimum atomic E-state index is 0.628. The first-order chi connectivity index (χ1) is 31.7. The van der Waals surface area contributed by atoms with E-state index in [0.717, 1.165) is 89.0 Å². The van der Waals surface area contributed by atoms with Gasteiger partial charge in [0.15, 0.2) is 0 Å². The molecule has 4 heterocycles. The summed E-state index contributed by atoms with van der Waals surface area (Å²) in [5.74, 6) is 1.26. The Morgan fingerprint density at radius 1 is 0.250 bits per heavy atom. The molecule has 13 rings (SSSR count).